The third-order valence-corrected chi connectivity index (χ3v) is 7.00. The van der Waals surface area contributed by atoms with Crippen LogP contribution in [0.15, 0.2) is 42.5 Å². The number of imide groups is 1. The van der Waals surface area contributed by atoms with Crippen LogP contribution in [-0.2, 0) is 27.7 Å². The summed E-state index contributed by atoms with van der Waals surface area (Å²) in [5.74, 6) is -1.26. The van der Waals surface area contributed by atoms with Crippen molar-refractivity contribution in [2.45, 2.75) is 43.8 Å². The zero-order valence-electron chi connectivity index (χ0n) is 19.0. The molecule has 5 rings (SSSR count). The van der Waals surface area contributed by atoms with E-state index in [9.17, 15) is 27.6 Å². The van der Waals surface area contributed by atoms with Crippen LogP contribution in [0.25, 0.3) is 0 Å². The highest BCUT2D eigenvalue weighted by molar-refractivity contribution is 6.11. The van der Waals surface area contributed by atoms with Gasteiger partial charge in [-0.3, -0.25) is 14.5 Å². The first-order valence-electron chi connectivity index (χ1n) is 11.7. The number of nitrogens with one attached hydrogen (secondary N) is 2. The molecule has 2 aromatic rings. The number of anilines is 2. The lowest BCUT2D eigenvalue weighted by molar-refractivity contribution is -0.137. The molecule has 0 unspecified atom stereocenters. The Labute approximate surface area is 200 Å². The minimum Gasteiger partial charge on any atom is -0.370 e. The smallest absolute Gasteiger partial charge is 0.370 e. The Bertz CT molecular complexity index is 1190. The Morgan fingerprint density at radius 2 is 1.80 bits per heavy atom. The molecule has 2 aliphatic heterocycles. The molecule has 10 heteroatoms. The van der Waals surface area contributed by atoms with Gasteiger partial charge in [0.05, 0.1) is 16.9 Å². The highest BCUT2D eigenvalue weighted by Gasteiger charge is 2.54. The Hall–Kier alpha value is -3.56. The fraction of sp³-hybridized carbons (Fsp3) is 0.400. The number of amides is 4. The number of benzene rings is 2. The van der Waals surface area contributed by atoms with Crippen molar-refractivity contribution < 1.29 is 27.6 Å². The molecule has 2 N–H and O–H groups in total. The van der Waals surface area contributed by atoms with Gasteiger partial charge in [-0.2, -0.15) is 13.2 Å². The van der Waals surface area contributed by atoms with E-state index in [-0.39, 0.29) is 5.69 Å². The van der Waals surface area contributed by atoms with Crippen LogP contribution in [0.4, 0.5) is 29.3 Å². The molecule has 1 aliphatic carbocycles. The molecule has 1 spiro atoms. The number of fused-ring (bicyclic) bond motifs is 2. The summed E-state index contributed by atoms with van der Waals surface area (Å²) in [6.07, 6.45) is -0.863. The maximum Gasteiger partial charge on any atom is 0.416 e. The van der Waals surface area contributed by atoms with E-state index in [4.69, 9.17) is 0 Å². The second kappa shape index (κ2) is 8.58. The van der Waals surface area contributed by atoms with Gasteiger partial charge in [-0.25, -0.2) is 4.79 Å². The first-order valence-corrected chi connectivity index (χ1v) is 11.7. The average Bonchev–Trinajstić information content (AvgIpc) is 3.43. The number of hydrogen-bond acceptors (Lipinski definition) is 4. The van der Waals surface area contributed by atoms with Gasteiger partial charge in [0.1, 0.15) is 12.1 Å². The van der Waals surface area contributed by atoms with Crippen LogP contribution in [0.3, 0.4) is 0 Å². The number of alkyl halides is 3. The Kier molecular flexibility index (Phi) is 5.69. The van der Waals surface area contributed by atoms with Gasteiger partial charge in [0.15, 0.2) is 0 Å². The summed E-state index contributed by atoms with van der Waals surface area (Å²) in [5, 5.41) is 5.30. The fourth-order valence-electron chi connectivity index (χ4n) is 5.33. The van der Waals surface area contributed by atoms with Crippen molar-refractivity contribution in [3.63, 3.8) is 0 Å². The number of carbonyl (C=O) groups excluding carboxylic acids is 3. The van der Waals surface area contributed by atoms with Crippen molar-refractivity contribution in [2.24, 2.45) is 0 Å². The standard InChI is InChI=1S/C25H25F3N4O3/c26-25(27,28)17-9-10-20(31-12-3-4-13-31)19(14-17)29-21(33)15-32-22(34)24(30-23(32)35)11-5-7-16-6-1-2-8-18(16)24/h1-2,6,8-10,14H,3-5,7,11-13,15H2,(H,29,33)(H,30,35)/t24-/m1/s1. The molecule has 2 fully saturated rings. The minimum atomic E-state index is -4.57. The van der Waals surface area contributed by atoms with E-state index in [1.54, 1.807) is 12.1 Å². The third-order valence-electron chi connectivity index (χ3n) is 7.00. The minimum absolute atomic E-state index is 0.0107. The predicted octanol–water partition coefficient (Wildman–Crippen LogP) is 4.03. The lowest BCUT2D eigenvalue weighted by Crippen LogP contribution is -2.47. The van der Waals surface area contributed by atoms with Crippen LogP contribution in [0.2, 0.25) is 0 Å². The molecule has 0 bridgehead atoms. The average molecular weight is 486 g/mol. The normalized spacial score (nSPS) is 21.9. The van der Waals surface area contributed by atoms with Gasteiger partial charge in [-0.15, -0.1) is 0 Å². The molecule has 2 saturated heterocycles. The Morgan fingerprint density at radius 3 is 2.54 bits per heavy atom. The number of carbonyl (C=O) groups is 3. The largest absolute Gasteiger partial charge is 0.416 e. The van der Waals surface area contributed by atoms with Crippen molar-refractivity contribution in [2.75, 3.05) is 29.9 Å². The van der Waals surface area contributed by atoms with Crippen molar-refractivity contribution >= 4 is 29.2 Å². The van der Waals surface area contributed by atoms with E-state index in [1.807, 2.05) is 17.0 Å². The summed E-state index contributed by atoms with van der Waals surface area (Å²) in [6.45, 7) is 0.747. The van der Waals surface area contributed by atoms with E-state index in [1.165, 1.54) is 6.07 Å². The number of rotatable bonds is 4. The summed E-state index contributed by atoms with van der Waals surface area (Å²) in [4.78, 5) is 41.9. The van der Waals surface area contributed by atoms with Crippen LogP contribution in [0, 0.1) is 0 Å². The van der Waals surface area contributed by atoms with Crippen LogP contribution >= 0.6 is 0 Å². The molecule has 35 heavy (non-hydrogen) atoms. The molecular weight excluding hydrogens is 461 g/mol. The van der Waals surface area contributed by atoms with E-state index in [0.29, 0.717) is 31.6 Å². The van der Waals surface area contributed by atoms with Crippen LogP contribution in [-0.4, -0.2) is 42.4 Å². The summed E-state index contributed by atoms with van der Waals surface area (Å²) in [6, 6.07) is 9.95. The fourth-order valence-corrected chi connectivity index (χ4v) is 5.33. The van der Waals surface area contributed by atoms with Crippen LogP contribution in [0.1, 0.15) is 42.4 Å². The van der Waals surface area contributed by atoms with Gasteiger partial charge in [-0.05, 0) is 61.4 Å². The molecule has 4 amide bonds. The van der Waals surface area contributed by atoms with E-state index in [0.717, 1.165) is 47.4 Å². The topological polar surface area (TPSA) is 81.8 Å². The highest BCUT2D eigenvalue weighted by atomic mass is 19.4. The molecular formula is C25H25F3N4O3. The lowest BCUT2D eigenvalue weighted by atomic mass is 9.76. The zero-order valence-corrected chi connectivity index (χ0v) is 19.0. The molecule has 0 saturated carbocycles. The molecule has 184 valence electrons. The molecule has 3 aliphatic rings. The Balaban J connectivity index is 1.38. The molecule has 0 aromatic heterocycles. The monoisotopic (exact) mass is 486 g/mol. The van der Waals surface area contributed by atoms with E-state index in [2.05, 4.69) is 10.6 Å². The third kappa shape index (κ3) is 4.11. The quantitative estimate of drug-likeness (QED) is 0.640. The van der Waals surface area contributed by atoms with Crippen molar-refractivity contribution in [1.82, 2.24) is 10.2 Å². The van der Waals surface area contributed by atoms with Gasteiger partial charge in [0.25, 0.3) is 5.91 Å². The van der Waals surface area contributed by atoms with Gasteiger partial charge in [-0.1, -0.05) is 24.3 Å². The van der Waals surface area contributed by atoms with Crippen molar-refractivity contribution in [1.29, 1.82) is 0 Å². The molecule has 2 aromatic carbocycles. The highest BCUT2D eigenvalue weighted by Crippen LogP contribution is 2.40. The SMILES string of the molecule is O=C(CN1C(=O)N[C@@]2(CCCc3ccccc32)C1=O)Nc1cc(C(F)(F)F)ccc1N1CCCC1. The molecule has 1 atom stereocenters. The second-order valence-electron chi connectivity index (χ2n) is 9.21. The maximum atomic E-state index is 13.4. The van der Waals surface area contributed by atoms with Crippen LogP contribution < -0.4 is 15.5 Å². The van der Waals surface area contributed by atoms with Gasteiger partial charge >= 0.3 is 12.2 Å². The molecule has 0 radical (unpaired) electrons. The van der Waals surface area contributed by atoms with Gasteiger partial charge < -0.3 is 15.5 Å². The summed E-state index contributed by atoms with van der Waals surface area (Å²) < 4.78 is 40.0. The molecule has 2 heterocycles. The number of urea groups is 1. The van der Waals surface area contributed by atoms with E-state index < -0.39 is 41.7 Å². The first kappa shape index (κ1) is 23.2. The second-order valence-corrected chi connectivity index (χ2v) is 9.21. The summed E-state index contributed by atoms with van der Waals surface area (Å²) in [7, 11) is 0. The van der Waals surface area contributed by atoms with Crippen LogP contribution in [0.5, 0.6) is 0 Å². The van der Waals surface area contributed by atoms with Gasteiger partial charge in [0.2, 0.25) is 5.91 Å². The first-order chi connectivity index (χ1) is 16.7. The predicted molar refractivity (Wildman–Crippen MR) is 123 cm³/mol. The Morgan fingerprint density at radius 1 is 1.06 bits per heavy atom. The van der Waals surface area contributed by atoms with Crippen molar-refractivity contribution in [3.8, 4) is 0 Å². The number of halogens is 3. The summed E-state index contributed by atoms with van der Waals surface area (Å²) in [5.41, 5.74) is 0.0849. The summed E-state index contributed by atoms with van der Waals surface area (Å²) >= 11 is 0. The maximum absolute atomic E-state index is 13.4. The zero-order chi connectivity index (χ0) is 24.8. The van der Waals surface area contributed by atoms with E-state index >= 15 is 0 Å². The number of aryl methyl sites for hydroxylation is 1. The molecule has 7 nitrogen and oxygen atoms in total. The number of hydrogen-bond donors (Lipinski definition) is 2. The number of nitrogens with zero attached hydrogens (tertiary/aromatic N) is 2. The lowest BCUT2D eigenvalue weighted by Gasteiger charge is -2.33. The van der Waals surface area contributed by atoms with Crippen molar-refractivity contribution in [3.05, 3.63) is 59.2 Å². The van der Waals surface area contributed by atoms with Gasteiger partial charge in [0, 0.05) is 13.1 Å².